The maximum atomic E-state index is 13.8. The smallest absolute Gasteiger partial charge is 0.200 e. The van der Waals surface area contributed by atoms with E-state index < -0.39 is 40.3 Å². The lowest BCUT2D eigenvalue weighted by atomic mass is 9.92. The molecule has 0 bridgehead atoms. The molecule has 2 aliphatic heterocycles. The second-order valence-corrected chi connectivity index (χ2v) is 5.90. The van der Waals surface area contributed by atoms with Crippen LogP contribution < -0.4 is 0 Å². The zero-order valence-corrected chi connectivity index (χ0v) is 12.3. The van der Waals surface area contributed by atoms with Crippen molar-refractivity contribution in [3.05, 3.63) is 34.6 Å². The number of nitrogens with zero attached hydrogens (tertiary/aromatic N) is 1. The first-order valence-corrected chi connectivity index (χ1v) is 7.38. The van der Waals surface area contributed by atoms with Crippen LogP contribution in [0.15, 0.2) is 0 Å². The maximum absolute atomic E-state index is 13.8. The van der Waals surface area contributed by atoms with Crippen LogP contribution in [0.5, 0.6) is 0 Å². The lowest BCUT2D eigenvalue weighted by Gasteiger charge is -2.44. The molecule has 2 heterocycles. The van der Waals surface area contributed by atoms with Crippen molar-refractivity contribution in [2.45, 2.75) is 25.0 Å². The van der Waals surface area contributed by atoms with E-state index in [9.17, 15) is 22.0 Å². The molecular formula is C15H16F5NO2. The number of hydrogen-bond donors (Lipinski definition) is 0. The minimum atomic E-state index is -2.13. The van der Waals surface area contributed by atoms with E-state index in [0.29, 0.717) is 45.8 Å². The van der Waals surface area contributed by atoms with Gasteiger partial charge in [0.15, 0.2) is 23.3 Å². The predicted octanol–water partition coefficient (Wildman–Crippen LogP) is 2.76. The van der Waals surface area contributed by atoms with E-state index in [4.69, 9.17) is 9.47 Å². The Morgan fingerprint density at radius 2 is 1.39 bits per heavy atom. The monoisotopic (exact) mass is 337 g/mol. The van der Waals surface area contributed by atoms with Gasteiger partial charge in [-0.25, -0.2) is 22.0 Å². The number of hydrogen-bond acceptors (Lipinski definition) is 3. The average Bonchev–Trinajstić information content (AvgIpc) is 2.56. The third kappa shape index (κ3) is 3.07. The molecule has 1 aromatic carbocycles. The van der Waals surface area contributed by atoms with Crippen LogP contribution >= 0.6 is 0 Å². The van der Waals surface area contributed by atoms with Crippen LogP contribution in [0.4, 0.5) is 22.0 Å². The lowest BCUT2D eigenvalue weighted by molar-refractivity contribution is -0.155. The Morgan fingerprint density at radius 1 is 0.826 bits per heavy atom. The molecule has 2 fully saturated rings. The standard InChI is InChI=1S/C15H16F5NO2/c16-10-9(11(17)13(19)14(20)12(10)18)7-21-3-6-23-15(8-21)1-4-22-5-2-15/h1-8H2. The second kappa shape index (κ2) is 6.33. The van der Waals surface area contributed by atoms with Gasteiger partial charge >= 0.3 is 0 Å². The van der Waals surface area contributed by atoms with E-state index in [1.807, 2.05) is 0 Å². The van der Waals surface area contributed by atoms with Gasteiger partial charge in [-0.3, -0.25) is 4.90 Å². The molecule has 0 atom stereocenters. The van der Waals surface area contributed by atoms with Crippen LogP contribution in [0.3, 0.4) is 0 Å². The zero-order valence-electron chi connectivity index (χ0n) is 12.3. The first-order chi connectivity index (χ1) is 10.9. The van der Waals surface area contributed by atoms with Gasteiger partial charge in [-0.1, -0.05) is 0 Å². The Morgan fingerprint density at radius 3 is 2.00 bits per heavy atom. The fourth-order valence-corrected chi connectivity index (χ4v) is 3.12. The van der Waals surface area contributed by atoms with Gasteiger partial charge in [0.05, 0.1) is 12.2 Å². The Balaban J connectivity index is 1.82. The molecule has 1 spiro atoms. The van der Waals surface area contributed by atoms with Crippen molar-refractivity contribution >= 4 is 0 Å². The van der Waals surface area contributed by atoms with Gasteiger partial charge in [0.1, 0.15) is 0 Å². The van der Waals surface area contributed by atoms with Gasteiger partial charge in [-0.15, -0.1) is 0 Å². The number of benzene rings is 1. The highest BCUT2D eigenvalue weighted by molar-refractivity contribution is 5.24. The molecule has 0 N–H and O–H groups in total. The summed E-state index contributed by atoms with van der Waals surface area (Å²) < 4.78 is 78.3. The SMILES string of the molecule is Fc1c(F)c(F)c(CN2CCOC3(CCOCC3)C2)c(F)c1F. The summed E-state index contributed by atoms with van der Waals surface area (Å²) in [4.78, 5) is 1.66. The van der Waals surface area contributed by atoms with Crippen LogP contribution in [0.25, 0.3) is 0 Å². The minimum Gasteiger partial charge on any atom is -0.381 e. The molecule has 1 aromatic rings. The van der Waals surface area contributed by atoms with Gasteiger partial charge in [-0.2, -0.15) is 0 Å². The summed E-state index contributed by atoms with van der Waals surface area (Å²) in [6, 6.07) is 0. The predicted molar refractivity (Wildman–Crippen MR) is 70.2 cm³/mol. The molecule has 128 valence electrons. The molecule has 3 nitrogen and oxygen atoms in total. The summed E-state index contributed by atoms with van der Waals surface area (Å²) in [5, 5.41) is 0. The number of morpholine rings is 1. The first kappa shape index (κ1) is 16.6. The lowest BCUT2D eigenvalue weighted by Crippen LogP contribution is -2.54. The fraction of sp³-hybridized carbons (Fsp3) is 0.600. The Bertz CT molecular complexity index is 570. The van der Waals surface area contributed by atoms with Crippen molar-refractivity contribution in [2.75, 3.05) is 32.9 Å². The molecule has 8 heteroatoms. The minimum absolute atomic E-state index is 0.343. The molecule has 0 aliphatic carbocycles. The van der Waals surface area contributed by atoms with Crippen molar-refractivity contribution in [2.24, 2.45) is 0 Å². The highest BCUT2D eigenvalue weighted by Gasteiger charge is 2.39. The third-order valence-corrected chi connectivity index (χ3v) is 4.41. The molecule has 0 radical (unpaired) electrons. The van der Waals surface area contributed by atoms with Crippen molar-refractivity contribution in [3.63, 3.8) is 0 Å². The van der Waals surface area contributed by atoms with E-state index in [1.165, 1.54) is 0 Å². The molecule has 23 heavy (non-hydrogen) atoms. The van der Waals surface area contributed by atoms with Crippen LogP contribution in [-0.4, -0.2) is 43.4 Å². The average molecular weight is 337 g/mol. The molecule has 2 aliphatic rings. The van der Waals surface area contributed by atoms with Crippen LogP contribution in [0.1, 0.15) is 18.4 Å². The van der Waals surface area contributed by atoms with Crippen LogP contribution in [-0.2, 0) is 16.0 Å². The van der Waals surface area contributed by atoms with Gasteiger partial charge in [-0.05, 0) is 0 Å². The quantitative estimate of drug-likeness (QED) is 0.471. The summed E-state index contributed by atoms with van der Waals surface area (Å²) in [5.41, 5.74) is -1.27. The largest absolute Gasteiger partial charge is 0.381 e. The van der Waals surface area contributed by atoms with Crippen LogP contribution in [0.2, 0.25) is 0 Å². The maximum Gasteiger partial charge on any atom is 0.200 e. The molecule has 0 unspecified atom stereocenters. The van der Waals surface area contributed by atoms with Crippen molar-refractivity contribution in [3.8, 4) is 0 Å². The Hall–Kier alpha value is -1.25. The summed E-state index contributed by atoms with van der Waals surface area (Å²) in [7, 11) is 0. The molecule has 0 aromatic heterocycles. The molecule has 2 saturated heterocycles. The number of rotatable bonds is 2. The van der Waals surface area contributed by atoms with Crippen LogP contribution in [0, 0.1) is 29.1 Å². The Labute approximate surface area is 130 Å². The van der Waals surface area contributed by atoms with Gasteiger partial charge < -0.3 is 9.47 Å². The summed E-state index contributed by atoms with van der Waals surface area (Å²) in [6.07, 6.45) is 1.28. The number of ether oxygens (including phenoxy) is 2. The Kier molecular flexibility index (Phi) is 4.57. The number of halogens is 5. The fourth-order valence-electron chi connectivity index (χ4n) is 3.12. The molecular weight excluding hydrogens is 321 g/mol. The molecule has 3 rings (SSSR count). The first-order valence-electron chi connectivity index (χ1n) is 7.38. The van der Waals surface area contributed by atoms with Crippen molar-refractivity contribution < 1.29 is 31.4 Å². The summed E-state index contributed by atoms with van der Waals surface area (Å²) in [6.45, 7) is 1.78. The van der Waals surface area contributed by atoms with Crippen molar-refractivity contribution in [1.82, 2.24) is 4.90 Å². The van der Waals surface area contributed by atoms with E-state index >= 15 is 0 Å². The second-order valence-electron chi connectivity index (χ2n) is 5.90. The summed E-state index contributed by atoms with van der Waals surface area (Å²) >= 11 is 0. The van der Waals surface area contributed by atoms with Crippen molar-refractivity contribution in [1.29, 1.82) is 0 Å². The normalized spacial score (nSPS) is 21.8. The molecule has 0 saturated carbocycles. The topological polar surface area (TPSA) is 21.7 Å². The van der Waals surface area contributed by atoms with E-state index in [0.717, 1.165) is 0 Å². The van der Waals surface area contributed by atoms with E-state index in [2.05, 4.69) is 0 Å². The van der Waals surface area contributed by atoms with E-state index in [-0.39, 0.29) is 6.54 Å². The molecule has 0 amide bonds. The van der Waals surface area contributed by atoms with Gasteiger partial charge in [0, 0.05) is 51.3 Å². The summed E-state index contributed by atoms with van der Waals surface area (Å²) in [5.74, 6) is -9.49. The van der Waals surface area contributed by atoms with Gasteiger partial charge in [0.25, 0.3) is 0 Å². The third-order valence-electron chi connectivity index (χ3n) is 4.41. The zero-order chi connectivity index (χ0) is 16.6. The van der Waals surface area contributed by atoms with E-state index in [1.54, 1.807) is 4.90 Å². The highest BCUT2D eigenvalue weighted by atomic mass is 19.2. The highest BCUT2D eigenvalue weighted by Crippen LogP contribution is 2.31. The van der Waals surface area contributed by atoms with Gasteiger partial charge in [0.2, 0.25) is 5.82 Å².